The summed E-state index contributed by atoms with van der Waals surface area (Å²) in [5, 5.41) is 3.14. The van der Waals surface area contributed by atoms with Crippen molar-refractivity contribution < 1.29 is 14.3 Å². The Labute approximate surface area is 106 Å². The van der Waals surface area contributed by atoms with E-state index in [0.29, 0.717) is 24.4 Å². The lowest BCUT2D eigenvalue weighted by molar-refractivity contribution is -0.126. The van der Waals surface area contributed by atoms with Gasteiger partial charge in [-0.2, -0.15) is 0 Å². The first-order valence-electron chi connectivity index (χ1n) is 5.91. The summed E-state index contributed by atoms with van der Waals surface area (Å²) in [6.07, 6.45) is 0. The minimum Gasteiger partial charge on any atom is -0.497 e. The molecule has 1 aromatic carbocycles. The molecule has 0 aromatic heterocycles. The van der Waals surface area contributed by atoms with E-state index in [4.69, 9.17) is 4.74 Å². The van der Waals surface area contributed by atoms with Crippen molar-refractivity contribution >= 4 is 11.7 Å². The first-order chi connectivity index (χ1) is 8.72. The molecule has 1 aromatic rings. The molecule has 0 atom stereocenters. The van der Waals surface area contributed by atoms with E-state index >= 15 is 0 Å². The molecule has 0 saturated carbocycles. The fraction of sp³-hybridized carbons (Fsp3) is 0.385. The van der Waals surface area contributed by atoms with Gasteiger partial charge in [0, 0.05) is 31.7 Å². The van der Waals surface area contributed by atoms with Crippen LogP contribution in [0.2, 0.25) is 0 Å². The van der Waals surface area contributed by atoms with Crippen molar-refractivity contribution in [2.45, 2.75) is 0 Å². The largest absolute Gasteiger partial charge is 0.497 e. The van der Waals surface area contributed by atoms with Gasteiger partial charge in [-0.05, 0) is 24.3 Å². The molecule has 2 rings (SSSR count). The quantitative estimate of drug-likeness (QED) is 0.618. The predicted molar refractivity (Wildman–Crippen MR) is 66.8 cm³/mol. The maximum absolute atomic E-state index is 12.0. The number of benzene rings is 1. The number of amides is 1. The molecular weight excluding hydrogens is 232 g/mol. The van der Waals surface area contributed by atoms with Crippen LogP contribution in [-0.2, 0) is 4.79 Å². The lowest BCUT2D eigenvalue weighted by atomic mass is 10.1. The molecule has 0 bridgehead atoms. The van der Waals surface area contributed by atoms with Crippen molar-refractivity contribution in [2.24, 2.45) is 0 Å². The summed E-state index contributed by atoms with van der Waals surface area (Å²) in [4.78, 5) is 25.5. The van der Waals surface area contributed by atoms with Gasteiger partial charge in [-0.1, -0.05) is 0 Å². The van der Waals surface area contributed by atoms with E-state index in [1.807, 2.05) is 0 Å². The Kier molecular flexibility index (Phi) is 3.94. The molecule has 5 nitrogen and oxygen atoms in total. The van der Waals surface area contributed by atoms with Crippen LogP contribution in [0.4, 0.5) is 0 Å². The van der Waals surface area contributed by atoms with Gasteiger partial charge in [-0.15, -0.1) is 0 Å². The first-order valence-corrected chi connectivity index (χ1v) is 5.91. The molecular formula is C13H16N2O3. The second-order valence-electron chi connectivity index (χ2n) is 4.10. The van der Waals surface area contributed by atoms with Crippen LogP contribution < -0.4 is 10.1 Å². The number of carbonyl (C=O) groups is 2. The zero-order valence-corrected chi connectivity index (χ0v) is 10.3. The van der Waals surface area contributed by atoms with Crippen molar-refractivity contribution in [1.82, 2.24) is 10.2 Å². The van der Waals surface area contributed by atoms with Crippen molar-refractivity contribution in [1.29, 1.82) is 0 Å². The maximum Gasteiger partial charge on any atom is 0.295 e. The molecule has 1 fully saturated rings. The van der Waals surface area contributed by atoms with Gasteiger partial charge in [-0.25, -0.2) is 0 Å². The van der Waals surface area contributed by atoms with Gasteiger partial charge in [0.05, 0.1) is 7.11 Å². The van der Waals surface area contributed by atoms with Gasteiger partial charge in [0.2, 0.25) is 5.78 Å². The summed E-state index contributed by atoms with van der Waals surface area (Å²) in [5.41, 5.74) is 0.402. The van der Waals surface area contributed by atoms with Crippen molar-refractivity contribution in [3.8, 4) is 5.75 Å². The molecule has 1 saturated heterocycles. The van der Waals surface area contributed by atoms with Gasteiger partial charge in [0.25, 0.3) is 5.91 Å². The molecule has 0 unspecified atom stereocenters. The molecule has 0 radical (unpaired) electrons. The Morgan fingerprint density at radius 2 is 1.78 bits per heavy atom. The summed E-state index contributed by atoms with van der Waals surface area (Å²) in [6, 6.07) is 6.58. The molecule has 0 spiro atoms. The summed E-state index contributed by atoms with van der Waals surface area (Å²) >= 11 is 0. The third-order valence-electron chi connectivity index (χ3n) is 2.95. The summed E-state index contributed by atoms with van der Waals surface area (Å²) in [7, 11) is 1.56. The number of ketones is 1. The fourth-order valence-electron chi connectivity index (χ4n) is 1.88. The molecule has 1 aliphatic heterocycles. The van der Waals surface area contributed by atoms with Crippen molar-refractivity contribution in [2.75, 3.05) is 33.3 Å². The number of carbonyl (C=O) groups excluding carboxylic acids is 2. The third kappa shape index (κ3) is 2.68. The average Bonchev–Trinajstić information content (AvgIpc) is 2.47. The number of hydrogen-bond acceptors (Lipinski definition) is 4. The van der Waals surface area contributed by atoms with E-state index in [0.717, 1.165) is 13.1 Å². The fourth-order valence-corrected chi connectivity index (χ4v) is 1.88. The standard InChI is InChI=1S/C13H16N2O3/c1-18-11-4-2-10(3-5-11)12(16)13(17)15-8-6-14-7-9-15/h2-5,14H,6-9H2,1H3. The molecule has 1 heterocycles. The van der Waals surface area contributed by atoms with Crippen LogP contribution in [0.5, 0.6) is 5.75 Å². The Morgan fingerprint density at radius 1 is 1.17 bits per heavy atom. The van der Waals surface area contributed by atoms with E-state index in [2.05, 4.69) is 5.32 Å². The van der Waals surface area contributed by atoms with Crippen molar-refractivity contribution in [3.05, 3.63) is 29.8 Å². The minimum atomic E-state index is -0.459. The van der Waals surface area contributed by atoms with Gasteiger partial charge in [0.15, 0.2) is 0 Å². The summed E-state index contributed by atoms with van der Waals surface area (Å²) < 4.78 is 5.01. The van der Waals surface area contributed by atoms with Crippen LogP contribution in [0.25, 0.3) is 0 Å². The highest BCUT2D eigenvalue weighted by Crippen LogP contribution is 2.12. The smallest absolute Gasteiger partial charge is 0.295 e. The van der Waals surface area contributed by atoms with E-state index in [9.17, 15) is 9.59 Å². The van der Waals surface area contributed by atoms with Crippen LogP contribution in [0, 0.1) is 0 Å². The van der Waals surface area contributed by atoms with E-state index in [1.165, 1.54) is 0 Å². The molecule has 0 aliphatic carbocycles. The van der Waals surface area contributed by atoms with E-state index in [1.54, 1.807) is 36.3 Å². The highest BCUT2D eigenvalue weighted by Gasteiger charge is 2.24. The van der Waals surface area contributed by atoms with Gasteiger partial charge >= 0.3 is 0 Å². The summed E-state index contributed by atoms with van der Waals surface area (Å²) in [6.45, 7) is 2.64. The monoisotopic (exact) mass is 248 g/mol. The SMILES string of the molecule is COc1ccc(C(=O)C(=O)N2CCNCC2)cc1. The van der Waals surface area contributed by atoms with Crippen LogP contribution in [0.1, 0.15) is 10.4 Å². The van der Waals surface area contributed by atoms with Crippen LogP contribution in [-0.4, -0.2) is 49.9 Å². The zero-order valence-electron chi connectivity index (χ0n) is 10.3. The zero-order chi connectivity index (χ0) is 13.0. The first kappa shape index (κ1) is 12.6. The van der Waals surface area contributed by atoms with Gasteiger partial charge < -0.3 is 15.0 Å². The highest BCUT2D eigenvalue weighted by atomic mass is 16.5. The molecule has 1 amide bonds. The summed E-state index contributed by atoms with van der Waals surface area (Å²) in [5.74, 6) is -0.220. The number of piperazine rings is 1. The number of rotatable bonds is 3. The molecule has 1 N–H and O–H groups in total. The van der Waals surface area contributed by atoms with E-state index in [-0.39, 0.29) is 0 Å². The number of methoxy groups -OCH3 is 1. The Bertz CT molecular complexity index is 436. The van der Waals surface area contributed by atoms with Crippen molar-refractivity contribution in [3.63, 3.8) is 0 Å². The Hall–Kier alpha value is -1.88. The number of hydrogen-bond donors (Lipinski definition) is 1. The molecule has 18 heavy (non-hydrogen) atoms. The Morgan fingerprint density at radius 3 is 2.33 bits per heavy atom. The number of ether oxygens (including phenoxy) is 1. The maximum atomic E-state index is 12.0. The number of nitrogens with zero attached hydrogens (tertiary/aromatic N) is 1. The number of Topliss-reactive ketones (excluding diaryl/α,β-unsaturated/α-hetero) is 1. The van der Waals surface area contributed by atoms with Gasteiger partial charge in [-0.3, -0.25) is 9.59 Å². The molecule has 5 heteroatoms. The molecule has 96 valence electrons. The topological polar surface area (TPSA) is 58.6 Å². The lowest BCUT2D eigenvalue weighted by Gasteiger charge is -2.26. The third-order valence-corrected chi connectivity index (χ3v) is 2.95. The normalized spacial score (nSPS) is 15.3. The average molecular weight is 248 g/mol. The predicted octanol–water partition coefficient (Wildman–Crippen LogP) is 0.310. The lowest BCUT2D eigenvalue weighted by Crippen LogP contribution is -2.48. The van der Waals surface area contributed by atoms with E-state index < -0.39 is 11.7 Å². The van der Waals surface area contributed by atoms with Crippen LogP contribution in [0.15, 0.2) is 24.3 Å². The number of nitrogens with one attached hydrogen (secondary N) is 1. The second kappa shape index (κ2) is 5.64. The van der Waals surface area contributed by atoms with Crippen LogP contribution in [0.3, 0.4) is 0 Å². The van der Waals surface area contributed by atoms with Crippen LogP contribution >= 0.6 is 0 Å². The highest BCUT2D eigenvalue weighted by molar-refractivity contribution is 6.42. The van der Waals surface area contributed by atoms with Gasteiger partial charge in [0.1, 0.15) is 5.75 Å². The Balaban J connectivity index is 2.07. The molecule has 1 aliphatic rings. The minimum absolute atomic E-state index is 0.402. The second-order valence-corrected chi connectivity index (χ2v) is 4.10.